The molecule has 0 fully saturated rings. The number of hydrogen-bond acceptors (Lipinski definition) is 2. The van der Waals surface area contributed by atoms with Crippen molar-refractivity contribution in [2.24, 2.45) is 5.92 Å². The molecule has 0 radical (unpaired) electrons. The molecular weight excluding hydrogens is 242 g/mol. The maximum atomic E-state index is 11.5. The van der Waals surface area contributed by atoms with Gasteiger partial charge in [-0.25, -0.2) is 0 Å². The zero-order chi connectivity index (χ0) is 10.6. The van der Waals surface area contributed by atoms with Crippen molar-refractivity contribution in [3.8, 4) is 0 Å². The lowest BCUT2D eigenvalue weighted by Gasteiger charge is -2.04. The maximum absolute atomic E-state index is 11.5. The Balaban J connectivity index is 2.61. The first-order chi connectivity index (χ1) is 6.59. The van der Waals surface area contributed by atoms with E-state index in [0.29, 0.717) is 18.8 Å². The van der Waals surface area contributed by atoms with Crippen LogP contribution in [0.5, 0.6) is 0 Å². The molecule has 0 N–H and O–H groups in total. The summed E-state index contributed by atoms with van der Waals surface area (Å²) < 4.78 is 0.914. The van der Waals surface area contributed by atoms with E-state index in [-0.39, 0.29) is 5.78 Å². The number of Topliss-reactive ketones (excluding diaryl/α,β-unsaturated/α-hetero) is 1. The molecule has 76 valence electrons. The van der Waals surface area contributed by atoms with Crippen LogP contribution < -0.4 is 0 Å². The molecule has 1 rings (SSSR count). The molecule has 1 aromatic rings. The fraction of sp³-hybridized carbons (Fsp3) is 0.455. The van der Waals surface area contributed by atoms with Crippen molar-refractivity contribution in [2.45, 2.75) is 26.7 Å². The SMILES string of the molecule is CC(C)CC(=O)Cc1ncccc1Br. The number of halogens is 1. The molecule has 0 unspecified atom stereocenters. The summed E-state index contributed by atoms with van der Waals surface area (Å²) in [6.07, 6.45) is 2.77. The van der Waals surface area contributed by atoms with Gasteiger partial charge in [0, 0.05) is 23.5 Å². The first-order valence-corrected chi connectivity index (χ1v) is 5.50. The standard InChI is InChI=1S/C11H14BrNO/c1-8(2)6-9(14)7-11-10(12)4-3-5-13-11/h3-5,8H,6-7H2,1-2H3. The Morgan fingerprint density at radius 1 is 1.57 bits per heavy atom. The summed E-state index contributed by atoms with van der Waals surface area (Å²) in [6.45, 7) is 4.09. The number of carbonyl (C=O) groups is 1. The van der Waals surface area contributed by atoms with E-state index in [9.17, 15) is 4.79 Å². The predicted octanol–water partition coefficient (Wildman–Crippen LogP) is 3.00. The quantitative estimate of drug-likeness (QED) is 0.828. The van der Waals surface area contributed by atoms with Crippen molar-refractivity contribution >= 4 is 21.7 Å². The van der Waals surface area contributed by atoms with Crippen LogP contribution in [0.25, 0.3) is 0 Å². The molecule has 1 aromatic heterocycles. The molecule has 0 atom stereocenters. The second kappa shape index (κ2) is 5.25. The summed E-state index contributed by atoms with van der Waals surface area (Å²) >= 11 is 3.38. The van der Waals surface area contributed by atoms with E-state index >= 15 is 0 Å². The van der Waals surface area contributed by atoms with Crippen molar-refractivity contribution in [3.63, 3.8) is 0 Å². The number of rotatable bonds is 4. The van der Waals surface area contributed by atoms with E-state index in [4.69, 9.17) is 0 Å². The fourth-order valence-electron chi connectivity index (χ4n) is 1.26. The van der Waals surface area contributed by atoms with E-state index < -0.39 is 0 Å². The third kappa shape index (κ3) is 3.58. The molecule has 0 amide bonds. The monoisotopic (exact) mass is 255 g/mol. The minimum atomic E-state index is 0.249. The third-order valence-electron chi connectivity index (χ3n) is 1.84. The number of carbonyl (C=O) groups excluding carboxylic acids is 1. The van der Waals surface area contributed by atoms with Gasteiger partial charge in [0.25, 0.3) is 0 Å². The van der Waals surface area contributed by atoms with Gasteiger partial charge in [0.15, 0.2) is 0 Å². The van der Waals surface area contributed by atoms with E-state index in [1.165, 1.54) is 0 Å². The molecule has 0 saturated carbocycles. The van der Waals surface area contributed by atoms with Gasteiger partial charge in [0.05, 0.1) is 5.69 Å². The van der Waals surface area contributed by atoms with Gasteiger partial charge in [-0.05, 0) is 34.0 Å². The van der Waals surface area contributed by atoms with Gasteiger partial charge in [-0.3, -0.25) is 9.78 Å². The summed E-state index contributed by atoms with van der Waals surface area (Å²) in [5, 5.41) is 0. The highest BCUT2D eigenvalue weighted by Gasteiger charge is 2.09. The molecule has 0 aromatic carbocycles. The first-order valence-electron chi connectivity index (χ1n) is 4.70. The molecular formula is C11H14BrNO. The van der Waals surface area contributed by atoms with Gasteiger partial charge in [-0.2, -0.15) is 0 Å². The van der Waals surface area contributed by atoms with Crippen LogP contribution in [0.15, 0.2) is 22.8 Å². The zero-order valence-electron chi connectivity index (χ0n) is 8.46. The number of hydrogen-bond donors (Lipinski definition) is 0. The zero-order valence-corrected chi connectivity index (χ0v) is 10.0. The third-order valence-corrected chi connectivity index (χ3v) is 2.56. The number of nitrogens with zero attached hydrogens (tertiary/aromatic N) is 1. The Kier molecular flexibility index (Phi) is 4.26. The highest BCUT2D eigenvalue weighted by Crippen LogP contribution is 2.15. The average molecular weight is 256 g/mol. The molecule has 0 saturated heterocycles. The molecule has 1 heterocycles. The van der Waals surface area contributed by atoms with Crippen LogP contribution in [0.4, 0.5) is 0 Å². The van der Waals surface area contributed by atoms with Crippen LogP contribution in [0, 0.1) is 5.92 Å². The molecule has 0 aliphatic heterocycles. The van der Waals surface area contributed by atoms with Crippen LogP contribution in [0.3, 0.4) is 0 Å². The Morgan fingerprint density at radius 2 is 2.29 bits per heavy atom. The normalized spacial score (nSPS) is 10.6. The lowest BCUT2D eigenvalue weighted by atomic mass is 10.0. The van der Waals surface area contributed by atoms with Crippen LogP contribution in [-0.2, 0) is 11.2 Å². The van der Waals surface area contributed by atoms with E-state index in [1.54, 1.807) is 6.20 Å². The number of ketones is 1. The summed E-state index contributed by atoms with van der Waals surface area (Å²) in [5.41, 5.74) is 0.832. The average Bonchev–Trinajstić information content (AvgIpc) is 2.07. The van der Waals surface area contributed by atoms with Crippen molar-refractivity contribution in [1.29, 1.82) is 0 Å². The van der Waals surface area contributed by atoms with Gasteiger partial charge < -0.3 is 0 Å². The van der Waals surface area contributed by atoms with Crippen LogP contribution in [0.2, 0.25) is 0 Å². The van der Waals surface area contributed by atoms with Crippen molar-refractivity contribution in [2.75, 3.05) is 0 Å². The predicted molar refractivity (Wildman–Crippen MR) is 60.1 cm³/mol. The summed E-state index contributed by atoms with van der Waals surface area (Å²) in [4.78, 5) is 15.7. The topological polar surface area (TPSA) is 30.0 Å². The maximum Gasteiger partial charge on any atom is 0.139 e. The minimum absolute atomic E-state index is 0.249. The molecule has 0 bridgehead atoms. The Labute approximate surface area is 92.9 Å². The van der Waals surface area contributed by atoms with Crippen molar-refractivity contribution < 1.29 is 4.79 Å². The summed E-state index contributed by atoms with van der Waals surface area (Å²) in [7, 11) is 0. The van der Waals surface area contributed by atoms with Gasteiger partial charge in [0.2, 0.25) is 0 Å². The molecule has 0 spiro atoms. The highest BCUT2D eigenvalue weighted by atomic mass is 79.9. The Morgan fingerprint density at radius 3 is 2.86 bits per heavy atom. The Bertz CT molecular complexity index is 323. The molecule has 3 heteroatoms. The van der Waals surface area contributed by atoms with Crippen LogP contribution in [-0.4, -0.2) is 10.8 Å². The smallest absolute Gasteiger partial charge is 0.139 e. The number of pyridine rings is 1. The van der Waals surface area contributed by atoms with E-state index in [1.807, 2.05) is 26.0 Å². The molecule has 2 nitrogen and oxygen atoms in total. The Hall–Kier alpha value is -0.700. The minimum Gasteiger partial charge on any atom is -0.299 e. The van der Waals surface area contributed by atoms with E-state index in [2.05, 4.69) is 20.9 Å². The van der Waals surface area contributed by atoms with Gasteiger partial charge in [-0.1, -0.05) is 13.8 Å². The lowest BCUT2D eigenvalue weighted by molar-refractivity contribution is -0.119. The largest absolute Gasteiger partial charge is 0.299 e. The van der Waals surface area contributed by atoms with Gasteiger partial charge >= 0.3 is 0 Å². The van der Waals surface area contributed by atoms with Crippen molar-refractivity contribution in [3.05, 3.63) is 28.5 Å². The molecule has 14 heavy (non-hydrogen) atoms. The first kappa shape index (κ1) is 11.4. The number of aromatic nitrogens is 1. The molecule has 0 aliphatic carbocycles. The second-order valence-electron chi connectivity index (χ2n) is 3.75. The van der Waals surface area contributed by atoms with Gasteiger partial charge in [-0.15, -0.1) is 0 Å². The van der Waals surface area contributed by atoms with Crippen LogP contribution in [0.1, 0.15) is 26.0 Å². The second-order valence-corrected chi connectivity index (χ2v) is 4.60. The molecule has 0 aliphatic rings. The van der Waals surface area contributed by atoms with E-state index in [0.717, 1.165) is 10.2 Å². The summed E-state index contributed by atoms with van der Waals surface area (Å²) in [5.74, 6) is 0.671. The van der Waals surface area contributed by atoms with Crippen LogP contribution >= 0.6 is 15.9 Å². The fourth-order valence-corrected chi connectivity index (χ4v) is 1.66. The highest BCUT2D eigenvalue weighted by molar-refractivity contribution is 9.10. The lowest BCUT2D eigenvalue weighted by Crippen LogP contribution is -2.07. The van der Waals surface area contributed by atoms with Crippen molar-refractivity contribution in [1.82, 2.24) is 4.98 Å². The van der Waals surface area contributed by atoms with Gasteiger partial charge in [0.1, 0.15) is 5.78 Å². The summed E-state index contributed by atoms with van der Waals surface area (Å²) in [6, 6.07) is 3.76.